The minimum absolute atomic E-state index is 0.245. The second-order valence-electron chi connectivity index (χ2n) is 5.88. The first-order valence-corrected chi connectivity index (χ1v) is 8.96. The summed E-state index contributed by atoms with van der Waals surface area (Å²) in [5, 5.41) is 3.30. The maximum atomic E-state index is 12.4. The van der Waals surface area contributed by atoms with Gasteiger partial charge in [0, 0.05) is 6.04 Å². The molecule has 0 radical (unpaired) electrons. The Morgan fingerprint density at radius 3 is 2.68 bits per heavy atom. The second-order valence-corrected chi connectivity index (χ2v) is 6.80. The summed E-state index contributed by atoms with van der Waals surface area (Å²) >= 11 is 7.81. The molecule has 0 aromatic heterocycles. The summed E-state index contributed by atoms with van der Waals surface area (Å²) in [5.41, 5.74) is 6.81. The van der Waals surface area contributed by atoms with Crippen LogP contribution in [0.2, 0.25) is 5.02 Å². The summed E-state index contributed by atoms with van der Waals surface area (Å²) in [7, 11) is 0. The molecular formula is C16H22ClIN2O2. The number of benzene rings is 1. The largest absolute Gasteiger partial charge is 0.325 e. The van der Waals surface area contributed by atoms with Gasteiger partial charge in [0.05, 0.1) is 10.7 Å². The van der Waals surface area contributed by atoms with Crippen LogP contribution in [0.15, 0.2) is 24.3 Å². The first kappa shape index (κ1) is 18.0. The number of hydrogen-bond acceptors (Lipinski definition) is 3. The quantitative estimate of drug-likeness (QED) is 0.653. The van der Waals surface area contributed by atoms with Crippen LogP contribution in [0.25, 0.3) is 0 Å². The van der Waals surface area contributed by atoms with Crippen LogP contribution in [0.3, 0.4) is 0 Å². The van der Waals surface area contributed by atoms with Crippen molar-refractivity contribution in [2.24, 2.45) is 11.7 Å². The number of rotatable bonds is 6. The van der Waals surface area contributed by atoms with Gasteiger partial charge in [-0.15, -0.1) is 0 Å². The molecule has 3 N–H and O–H groups in total. The zero-order valence-corrected chi connectivity index (χ0v) is 15.3. The monoisotopic (exact) mass is 436 g/mol. The summed E-state index contributed by atoms with van der Waals surface area (Å²) < 4.78 is 5.32. The molecule has 1 aromatic rings. The fourth-order valence-electron chi connectivity index (χ4n) is 3.00. The molecule has 6 heteroatoms. The summed E-state index contributed by atoms with van der Waals surface area (Å²) in [6, 6.07) is 6.83. The number of nitrogens with two attached hydrogens (primary N) is 1. The molecule has 1 aliphatic rings. The summed E-state index contributed by atoms with van der Waals surface area (Å²) in [6.45, 7) is 0. The topological polar surface area (TPSA) is 64.3 Å². The molecule has 0 spiro atoms. The normalized spacial score (nSPS) is 18.7. The van der Waals surface area contributed by atoms with Crippen LogP contribution >= 0.6 is 34.6 Å². The predicted molar refractivity (Wildman–Crippen MR) is 98.1 cm³/mol. The van der Waals surface area contributed by atoms with E-state index in [0.29, 0.717) is 16.6 Å². The fraction of sp³-hybridized carbons (Fsp3) is 0.562. The van der Waals surface area contributed by atoms with Crippen LogP contribution in [-0.2, 0) is 7.86 Å². The average molecular weight is 437 g/mol. The predicted octanol–water partition coefficient (Wildman–Crippen LogP) is 4.31. The van der Waals surface area contributed by atoms with Crippen molar-refractivity contribution in [2.75, 3.05) is 5.32 Å². The summed E-state index contributed by atoms with van der Waals surface area (Å²) in [6.07, 6.45) is 6.40. The van der Waals surface area contributed by atoms with Crippen LogP contribution in [0.1, 0.15) is 38.5 Å². The lowest BCUT2D eigenvalue weighted by Crippen LogP contribution is -2.45. The molecule has 1 fully saturated rings. The van der Waals surface area contributed by atoms with Gasteiger partial charge in [0.1, 0.15) is 23.0 Å². The zero-order valence-electron chi connectivity index (χ0n) is 12.4. The third kappa shape index (κ3) is 5.08. The molecule has 2 rings (SSSR count). The van der Waals surface area contributed by atoms with Crippen LogP contribution in [0.5, 0.6) is 0 Å². The van der Waals surface area contributed by atoms with E-state index in [1.165, 1.54) is 32.1 Å². The SMILES string of the molecule is N[C@H](CC1CCCCC1)C(OI)C(=O)Nc1ccccc1Cl. The molecule has 1 saturated carbocycles. The van der Waals surface area contributed by atoms with Crippen molar-refractivity contribution >= 4 is 46.2 Å². The van der Waals surface area contributed by atoms with E-state index in [2.05, 4.69) is 5.32 Å². The van der Waals surface area contributed by atoms with Gasteiger partial charge < -0.3 is 14.1 Å². The lowest BCUT2D eigenvalue weighted by Gasteiger charge is -2.27. The van der Waals surface area contributed by atoms with Crippen molar-refractivity contribution < 1.29 is 7.86 Å². The zero-order chi connectivity index (χ0) is 15.9. The number of halogens is 2. The lowest BCUT2D eigenvalue weighted by atomic mass is 9.84. The number of nitrogens with one attached hydrogen (secondary N) is 1. The van der Waals surface area contributed by atoms with E-state index in [0.717, 1.165) is 6.42 Å². The van der Waals surface area contributed by atoms with Crippen molar-refractivity contribution in [3.05, 3.63) is 29.3 Å². The molecule has 0 aliphatic heterocycles. The van der Waals surface area contributed by atoms with Crippen molar-refractivity contribution in [3.8, 4) is 0 Å². The molecule has 4 nitrogen and oxygen atoms in total. The maximum Gasteiger partial charge on any atom is 0.256 e. The van der Waals surface area contributed by atoms with Crippen molar-refractivity contribution in [1.29, 1.82) is 0 Å². The minimum atomic E-state index is -0.668. The van der Waals surface area contributed by atoms with Gasteiger partial charge in [0.15, 0.2) is 6.10 Å². The molecule has 1 aromatic carbocycles. The van der Waals surface area contributed by atoms with Crippen LogP contribution in [0.4, 0.5) is 5.69 Å². The average Bonchev–Trinajstić information content (AvgIpc) is 2.51. The van der Waals surface area contributed by atoms with Crippen LogP contribution < -0.4 is 11.1 Å². The van der Waals surface area contributed by atoms with E-state index in [1.54, 1.807) is 35.1 Å². The smallest absolute Gasteiger partial charge is 0.256 e. The van der Waals surface area contributed by atoms with Gasteiger partial charge in [-0.05, 0) is 24.5 Å². The molecule has 122 valence electrons. The Morgan fingerprint density at radius 1 is 1.36 bits per heavy atom. The Morgan fingerprint density at radius 2 is 2.05 bits per heavy atom. The van der Waals surface area contributed by atoms with Gasteiger partial charge in [0.2, 0.25) is 0 Å². The van der Waals surface area contributed by atoms with E-state index in [-0.39, 0.29) is 11.9 Å². The highest BCUT2D eigenvalue weighted by molar-refractivity contribution is 14.1. The van der Waals surface area contributed by atoms with Crippen LogP contribution in [-0.4, -0.2) is 18.1 Å². The Balaban J connectivity index is 1.94. The summed E-state index contributed by atoms with van der Waals surface area (Å²) in [5.74, 6) is 0.358. The highest BCUT2D eigenvalue weighted by Crippen LogP contribution is 2.28. The highest BCUT2D eigenvalue weighted by atomic mass is 127. The number of carbonyl (C=O) groups excluding carboxylic acids is 1. The highest BCUT2D eigenvalue weighted by Gasteiger charge is 2.29. The van der Waals surface area contributed by atoms with Gasteiger partial charge in [-0.3, -0.25) is 4.79 Å². The number of para-hydroxylation sites is 1. The van der Waals surface area contributed by atoms with Gasteiger partial charge in [0.25, 0.3) is 5.91 Å². The third-order valence-corrected chi connectivity index (χ3v) is 5.08. The second kappa shape index (κ2) is 9.05. The molecule has 0 heterocycles. The molecule has 1 unspecified atom stereocenters. The van der Waals surface area contributed by atoms with Crippen molar-refractivity contribution in [1.82, 2.24) is 0 Å². The minimum Gasteiger partial charge on any atom is -0.325 e. The van der Waals surface area contributed by atoms with E-state index < -0.39 is 6.10 Å². The molecule has 0 saturated heterocycles. The van der Waals surface area contributed by atoms with Crippen LogP contribution in [0, 0.1) is 5.92 Å². The number of anilines is 1. The van der Waals surface area contributed by atoms with Gasteiger partial charge in [-0.1, -0.05) is 55.8 Å². The molecule has 1 amide bonds. The molecule has 22 heavy (non-hydrogen) atoms. The fourth-order valence-corrected chi connectivity index (χ4v) is 3.79. The third-order valence-electron chi connectivity index (χ3n) is 4.21. The lowest BCUT2D eigenvalue weighted by molar-refractivity contribution is -0.122. The van der Waals surface area contributed by atoms with Gasteiger partial charge >= 0.3 is 0 Å². The Labute approximate surface area is 150 Å². The van der Waals surface area contributed by atoms with E-state index in [1.807, 2.05) is 12.1 Å². The number of hydrogen-bond donors (Lipinski definition) is 2. The first-order valence-electron chi connectivity index (χ1n) is 7.70. The standard InChI is InChI=1S/C16H22ClIN2O2/c17-12-8-4-5-9-14(12)20-16(21)15(22-18)13(19)10-11-6-2-1-3-7-11/h4-5,8-9,11,13,15H,1-3,6-7,10,19H2,(H,20,21)/t13-,15?/m1/s1. The molecule has 0 bridgehead atoms. The maximum absolute atomic E-state index is 12.4. The van der Waals surface area contributed by atoms with E-state index in [9.17, 15) is 4.79 Å². The Kier molecular flexibility index (Phi) is 7.40. The van der Waals surface area contributed by atoms with Crippen molar-refractivity contribution in [3.63, 3.8) is 0 Å². The summed E-state index contributed by atoms with van der Waals surface area (Å²) in [4.78, 5) is 12.4. The number of carbonyl (C=O) groups is 1. The van der Waals surface area contributed by atoms with Gasteiger partial charge in [-0.2, -0.15) is 0 Å². The molecule has 2 atom stereocenters. The van der Waals surface area contributed by atoms with Crippen molar-refractivity contribution in [2.45, 2.75) is 50.7 Å². The molecule has 1 aliphatic carbocycles. The Hall–Kier alpha value is -0.370. The Bertz CT molecular complexity index is 495. The number of amides is 1. The van der Waals surface area contributed by atoms with E-state index in [4.69, 9.17) is 20.4 Å². The van der Waals surface area contributed by atoms with Gasteiger partial charge in [-0.25, -0.2) is 0 Å². The van der Waals surface area contributed by atoms with E-state index >= 15 is 0 Å². The first-order chi connectivity index (χ1) is 10.6. The molecular weight excluding hydrogens is 415 g/mol.